The first-order chi connectivity index (χ1) is 12.8. The third kappa shape index (κ3) is 3.41. The van der Waals surface area contributed by atoms with Gasteiger partial charge >= 0.3 is 5.97 Å². The number of likely N-dealkylation sites (N-methyl/N-ethyl adjacent to an activating group) is 1. The number of carbonyl (C=O) groups is 2. The van der Waals surface area contributed by atoms with Gasteiger partial charge in [-0.3, -0.25) is 9.79 Å². The number of hydrogen-bond acceptors (Lipinski definition) is 8. The Morgan fingerprint density at radius 3 is 2.74 bits per heavy atom. The zero-order valence-electron chi connectivity index (χ0n) is 15.6. The smallest absolute Gasteiger partial charge is 0.353 e. The zero-order valence-corrected chi connectivity index (χ0v) is 16.4. The van der Waals surface area contributed by atoms with Crippen LogP contribution in [0.3, 0.4) is 0 Å². The molecular formula is C17H26N4O5S. The van der Waals surface area contributed by atoms with E-state index in [1.54, 1.807) is 6.92 Å². The summed E-state index contributed by atoms with van der Waals surface area (Å²) in [7, 11) is 1.84. The Morgan fingerprint density at radius 1 is 1.52 bits per heavy atom. The van der Waals surface area contributed by atoms with Crippen molar-refractivity contribution in [1.29, 1.82) is 0 Å². The van der Waals surface area contributed by atoms with E-state index < -0.39 is 18.0 Å². The SMILES string of the molecule is C[C@@H](O)[C@H]1C(=O)N2C(C(=O)O)=C(S[C@H]3CN=C(N(C)CCO)NC3)[C@H](C)[C@H]12. The van der Waals surface area contributed by atoms with Gasteiger partial charge in [0.25, 0.3) is 0 Å². The summed E-state index contributed by atoms with van der Waals surface area (Å²) in [6.45, 7) is 5.14. The molecule has 0 aliphatic carbocycles. The van der Waals surface area contributed by atoms with Gasteiger partial charge in [0.05, 0.1) is 31.2 Å². The molecule has 0 bridgehead atoms. The van der Waals surface area contributed by atoms with E-state index in [9.17, 15) is 19.8 Å². The van der Waals surface area contributed by atoms with Crippen molar-refractivity contribution in [2.75, 3.05) is 33.3 Å². The summed E-state index contributed by atoms with van der Waals surface area (Å²) in [5.41, 5.74) is 0.0478. The highest BCUT2D eigenvalue weighted by Crippen LogP contribution is 2.51. The van der Waals surface area contributed by atoms with Crippen LogP contribution in [-0.2, 0) is 9.59 Å². The maximum Gasteiger partial charge on any atom is 0.353 e. The van der Waals surface area contributed by atoms with Crippen LogP contribution in [0, 0.1) is 11.8 Å². The van der Waals surface area contributed by atoms with Gasteiger partial charge in [-0.1, -0.05) is 6.92 Å². The average Bonchev–Trinajstić information content (AvgIpc) is 2.85. The lowest BCUT2D eigenvalue weighted by molar-refractivity contribution is -0.163. The van der Waals surface area contributed by atoms with Gasteiger partial charge in [-0.15, -0.1) is 11.8 Å². The third-order valence-corrected chi connectivity index (χ3v) is 6.80. The number of nitrogens with zero attached hydrogens (tertiary/aromatic N) is 3. The molecule has 1 amide bonds. The van der Waals surface area contributed by atoms with Crippen LogP contribution in [0.4, 0.5) is 0 Å². The van der Waals surface area contributed by atoms with E-state index >= 15 is 0 Å². The molecule has 10 heteroatoms. The number of aliphatic hydroxyl groups excluding tert-OH is 2. The van der Waals surface area contributed by atoms with Crippen LogP contribution in [-0.4, -0.2) is 93.6 Å². The molecule has 0 aromatic carbocycles. The number of carbonyl (C=O) groups excluding carboxylic acids is 1. The number of aliphatic imine (C=N–C) groups is 1. The van der Waals surface area contributed by atoms with Gasteiger partial charge < -0.3 is 30.4 Å². The highest BCUT2D eigenvalue weighted by atomic mass is 32.2. The Balaban J connectivity index is 1.75. The van der Waals surface area contributed by atoms with Crippen LogP contribution >= 0.6 is 11.8 Å². The molecule has 5 atom stereocenters. The molecule has 3 aliphatic rings. The monoisotopic (exact) mass is 398 g/mol. The van der Waals surface area contributed by atoms with Crippen molar-refractivity contribution in [3.8, 4) is 0 Å². The molecule has 4 N–H and O–H groups in total. The topological polar surface area (TPSA) is 126 Å². The van der Waals surface area contributed by atoms with E-state index in [0.29, 0.717) is 30.5 Å². The van der Waals surface area contributed by atoms with E-state index in [2.05, 4.69) is 10.3 Å². The second-order valence-corrected chi connectivity index (χ2v) is 8.54. The Morgan fingerprint density at radius 2 is 2.22 bits per heavy atom. The molecule has 3 heterocycles. The standard InChI is InChI=1S/C17H26N4O5S/c1-8-12-11(9(2)23)15(24)21(12)13(16(25)26)14(8)27-10-6-18-17(19-7-10)20(3)4-5-22/h8-12,22-23H,4-7H2,1-3H3,(H,18,19)(H,25,26)/t8-,9-,11-,12-/m1/s1. The molecule has 150 valence electrons. The number of thioether (sulfide) groups is 1. The summed E-state index contributed by atoms with van der Waals surface area (Å²) < 4.78 is 0. The van der Waals surface area contributed by atoms with Crippen LogP contribution in [0.2, 0.25) is 0 Å². The van der Waals surface area contributed by atoms with E-state index in [1.807, 2.05) is 18.9 Å². The summed E-state index contributed by atoms with van der Waals surface area (Å²) >= 11 is 1.45. The first-order valence-electron chi connectivity index (χ1n) is 9.03. The number of aliphatic carboxylic acids is 1. The molecule has 3 aliphatic heterocycles. The number of amides is 1. The number of β-lactam (4-membered cyclic amide) rings is 1. The number of aliphatic hydroxyl groups is 2. The Hall–Kier alpha value is -1.78. The van der Waals surface area contributed by atoms with E-state index in [4.69, 9.17) is 5.11 Å². The van der Waals surface area contributed by atoms with Crippen LogP contribution < -0.4 is 5.32 Å². The van der Waals surface area contributed by atoms with Crippen LogP contribution in [0.25, 0.3) is 0 Å². The van der Waals surface area contributed by atoms with Crippen molar-refractivity contribution in [3.05, 3.63) is 10.6 Å². The molecule has 3 rings (SSSR count). The van der Waals surface area contributed by atoms with Gasteiger partial charge in [0.15, 0.2) is 5.96 Å². The van der Waals surface area contributed by atoms with Crippen LogP contribution in [0.1, 0.15) is 13.8 Å². The summed E-state index contributed by atoms with van der Waals surface area (Å²) in [5.74, 6) is -1.40. The number of nitrogens with one attached hydrogen (secondary N) is 1. The van der Waals surface area contributed by atoms with Gasteiger partial charge in [-0.05, 0) is 6.92 Å². The molecule has 0 saturated carbocycles. The van der Waals surface area contributed by atoms with Crippen molar-refractivity contribution in [2.45, 2.75) is 31.2 Å². The fraction of sp³-hybridized carbons (Fsp3) is 0.706. The number of fused-ring (bicyclic) bond motifs is 1. The lowest BCUT2D eigenvalue weighted by Gasteiger charge is -2.46. The number of guanidine groups is 1. The first-order valence-corrected chi connectivity index (χ1v) is 9.91. The lowest BCUT2D eigenvalue weighted by atomic mass is 9.79. The summed E-state index contributed by atoms with van der Waals surface area (Å²) in [5, 5.41) is 31.8. The van der Waals surface area contributed by atoms with Gasteiger partial charge in [-0.2, -0.15) is 0 Å². The Labute approximate surface area is 162 Å². The normalized spacial score (nSPS) is 31.1. The predicted octanol–water partition coefficient (Wildman–Crippen LogP) is -0.875. The molecule has 0 aromatic heterocycles. The maximum atomic E-state index is 12.4. The van der Waals surface area contributed by atoms with Gasteiger partial charge in [0, 0.05) is 36.2 Å². The number of hydrogen-bond donors (Lipinski definition) is 4. The lowest BCUT2D eigenvalue weighted by Crippen LogP contribution is -2.63. The van der Waals surface area contributed by atoms with Gasteiger partial charge in [0.1, 0.15) is 5.70 Å². The quantitative estimate of drug-likeness (QED) is 0.425. The molecule has 0 unspecified atom stereocenters. The number of carboxylic acid groups (broad SMARTS) is 1. The maximum absolute atomic E-state index is 12.4. The van der Waals surface area contributed by atoms with Gasteiger partial charge in [0.2, 0.25) is 5.91 Å². The summed E-state index contributed by atoms with van der Waals surface area (Å²) in [4.78, 5) is 32.5. The Bertz CT molecular complexity index is 695. The Kier molecular flexibility index (Phi) is 5.68. The fourth-order valence-electron chi connectivity index (χ4n) is 3.96. The second-order valence-electron chi connectivity index (χ2n) is 7.20. The molecule has 27 heavy (non-hydrogen) atoms. The number of carboxylic acids is 1. The minimum absolute atomic E-state index is 0.0391. The van der Waals surface area contributed by atoms with Crippen molar-refractivity contribution < 1.29 is 24.9 Å². The molecule has 9 nitrogen and oxygen atoms in total. The molecular weight excluding hydrogens is 372 g/mol. The van der Waals surface area contributed by atoms with Crippen molar-refractivity contribution in [3.63, 3.8) is 0 Å². The van der Waals surface area contributed by atoms with Gasteiger partial charge in [-0.25, -0.2) is 4.79 Å². The highest BCUT2D eigenvalue weighted by molar-refractivity contribution is 8.03. The molecule has 1 saturated heterocycles. The number of rotatable bonds is 6. The van der Waals surface area contributed by atoms with E-state index in [1.165, 1.54) is 16.7 Å². The van der Waals surface area contributed by atoms with E-state index in [0.717, 1.165) is 0 Å². The van der Waals surface area contributed by atoms with Crippen LogP contribution in [0.5, 0.6) is 0 Å². The summed E-state index contributed by atoms with van der Waals surface area (Å²) in [6.07, 6.45) is -0.800. The minimum atomic E-state index is -1.11. The molecule has 0 radical (unpaired) electrons. The zero-order chi connectivity index (χ0) is 19.9. The largest absolute Gasteiger partial charge is 0.477 e. The second kappa shape index (κ2) is 7.69. The molecule has 0 aromatic rings. The summed E-state index contributed by atoms with van der Waals surface area (Å²) in [6, 6.07) is -0.294. The van der Waals surface area contributed by atoms with Crippen molar-refractivity contribution in [1.82, 2.24) is 15.1 Å². The predicted molar refractivity (Wildman–Crippen MR) is 101 cm³/mol. The van der Waals surface area contributed by atoms with Crippen molar-refractivity contribution >= 4 is 29.6 Å². The first kappa shape index (κ1) is 20.0. The average molecular weight is 398 g/mol. The third-order valence-electron chi connectivity index (χ3n) is 5.33. The fourth-order valence-corrected chi connectivity index (χ4v) is 5.29. The minimum Gasteiger partial charge on any atom is -0.477 e. The van der Waals surface area contributed by atoms with Crippen LogP contribution in [0.15, 0.2) is 15.6 Å². The molecule has 0 spiro atoms. The van der Waals surface area contributed by atoms with Crippen molar-refractivity contribution in [2.24, 2.45) is 16.8 Å². The van der Waals surface area contributed by atoms with E-state index in [-0.39, 0.29) is 35.4 Å². The highest BCUT2D eigenvalue weighted by Gasteiger charge is 2.60. The molecule has 1 fully saturated rings.